The van der Waals surface area contributed by atoms with Gasteiger partial charge in [-0.25, -0.2) is 0 Å². The third-order valence-corrected chi connectivity index (χ3v) is 3.85. The molecule has 22 heavy (non-hydrogen) atoms. The van der Waals surface area contributed by atoms with Crippen LogP contribution < -0.4 is 0 Å². The van der Waals surface area contributed by atoms with Crippen LogP contribution in [-0.4, -0.2) is 25.2 Å². The van der Waals surface area contributed by atoms with Gasteiger partial charge in [0.05, 0.1) is 0 Å². The summed E-state index contributed by atoms with van der Waals surface area (Å²) in [5.41, 5.74) is 2.90. The average Bonchev–Trinajstić information content (AvgIpc) is 3.05. The molecule has 9 radical (unpaired) electrons. The monoisotopic (exact) mass is 291 g/mol. The topological polar surface area (TPSA) is 0 Å². The maximum Gasteiger partial charge on any atom is 0 e. The summed E-state index contributed by atoms with van der Waals surface area (Å²) in [6, 6.07) is 10.3. The Morgan fingerprint density at radius 3 is 1.55 bits per heavy atom. The smallest absolute Gasteiger partial charge is 0 e. The summed E-state index contributed by atoms with van der Waals surface area (Å²) in [4.78, 5) is 0. The molecule has 2 aliphatic rings. The molecule has 0 spiro atoms. The first-order chi connectivity index (χ1) is 9.18. The molecule has 0 heterocycles. The highest BCUT2D eigenvalue weighted by Crippen LogP contribution is 2.22. The normalized spacial score (nSPS) is 15.5. The molecule has 115 valence electrons. The fourth-order valence-electron chi connectivity index (χ4n) is 2.50. The van der Waals surface area contributed by atoms with Crippen LogP contribution in [-0.2, 0) is 0 Å². The van der Waals surface area contributed by atoms with E-state index in [1.54, 1.807) is 5.57 Å². The van der Waals surface area contributed by atoms with E-state index in [0.717, 1.165) is 5.92 Å². The third kappa shape index (κ3) is 14.1. The molecule has 1 saturated carbocycles. The lowest BCUT2D eigenvalue weighted by Gasteiger charge is -1.91. The van der Waals surface area contributed by atoms with Gasteiger partial charge in [0.2, 0.25) is 0 Å². The standard InChI is InChI=1S/C7H8.C6H12.C6H10.3B/c1-7-5-3-2-4-6-7;2*1-6-4-2-3-5-6;;;/h2-6H,1H3;6H,2-5H2,1H3;4H,2-3,5H2,1H3;;;. The highest BCUT2D eigenvalue weighted by Gasteiger charge is 2.07. The fourth-order valence-corrected chi connectivity index (χ4v) is 2.50. The molecule has 3 rings (SSSR count). The minimum atomic E-state index is 0. The van der Waals surface area contributed by atoms with Crippen molar-refractivity contribution in [2.24, 2.45) is 5.92 Å². The molecule has 0 amide bonds. The van der Waals surface area contributed by atoms with Gasteiger partial charge >= 0.3 is 0 Å². The van der Waals surface area contributed by atoms with Crippen LogP contribution in [0.3, 0.4) is 0 Å². The van der Waals surface area contributed by atoms with Crippen molar-refractivity contribution in [2.75, 3.05) is 0 Å². The summed E-state index contributed by atoms with van der Waals surface area (Å²) in [7, 11) is 0. The largest absolute Gasteiger partial charge is 0.0856 e. The maximum atomic E-state index is 2.34. The summed E-state index contributed by atoms with van der Waals surface area (Å²) in [6.07, 6.45) is 12.3. The Morgan fingerprint density at radius 1 is 0.818 bits per heavy atom. The summed E-state index contributed by atoms with van der Waals surface area (Å²) < 4.78 is 0. The van der Waals surface area contributed by atoms with Crippen molar-refractivity contribution < 1.29 is 0 Å². The lowest BCUT2D eigenvalue weighted by molar-refractivity contribution is 0.612. The number of allylic oxidation sites excluding steroid dienone is 2. The molecule has 0 unspecified atom stereocenters. The first-order valence-electron chi connectivity index (χ1n) is 7.86. The van der Waals surface area contributed by atoms with Crippen molar-refractivity contribution in [3.63, 3.8) is 0 Å². The van der Waals surface area contributed by atoms with Crippen molar-refractivity contribution in [2.45, 2.75) is 65.7 Å². The van der Waals surface area contributed by atoms with Crippen LogP contribution in [0.5, 0.6) is 0 Å². The zero-order chi connectivity index (χ0) is 13.9. The van der Waals surface area contributed by atoms with Crippen LogP contribution in [0.25, 0.3) is 0 Å². The van der Waals surface area contributed by atoms with Crippen molar-refractivity contribution in [3.05, 3.63) is 47.5 Å². The molecule has 1 aromatic carbocycles. The zero-order valence-electron chi connectivity index (χ0n) is 14.7. The molecule has 0 nitrogen and oxygen atoms in total. The number of benzene rings is 1. The van der Waals surface area contributed by atoms with Gasteiger partial charge in [-0.15, -0.1) is 0 Å². The van der Waals surface area contributed by atoms with E-state index in [1.807, 2.05) is 18.2 Å². The third-order valence-electron chi connectivity index (χ3n) is 3.85. The molecule has 3 heteroatoms. The van der Waals surface area contributed by atoms with Crippen molar-refractivity contribution >= 4 is 25.2 Å². The van der Waals surface area contributed by atoms with Crippen molar-refractivity contribution in [3.8, 4) is 0 Å². The molecule has 0 saturated heterocycles. The second-order valence-corrected chi connectivity index (χ2v) is 5.99. The lowest BCUT2D eigenvalue weighted by Crippen LogP contribution is -1.78. The van der Waals surface area contributed by atoms with E-state index >= 15 is 0 Å². The molecule has 0 aromatic heterocycles. The number of hydrogen-bond donors (Lipinski definition) is 0. The van der Waals surface area contributed by atoms with Gasteiger partial charge in [-0.3, -0.25) is 0 Å². The number of rotatable bonds is 0. The van der Waals surface area contributed by atoms with E-state index in [-0.39, 0.29) is 25.2 Å². The van der Waals surface area contributed by atoms with Gasteiger partial charge in [-0.2, -0.15) is 0 Å². The Hall–Kier alpha value is -0.845. The van der Waals surface area contributed by atoms with Crippen molar-refractivity contribution in [1.29, 1.82) is 0 Å². The fraction of sp³-hybridized carbons (Fsp3) is 0.579. The molecule has 0 bridgehead atoms. The molecule has 0 aliphatic heterocycles. The van der Waals surface area contributed by atoms with Gasteiger partial charge in [0.1, 0.15) is 0 Å². The van der Waals surface area contributed by atoms with E-state index in [4.69, 9.17) is 0 Å². The van der Waals surface area contributed by atoms with E-state index in [9.17, 15) is 0 Å². The van der Waals surface area contributed by atoms with Crippen LogP contribution in [0.2, 0.25) is 0 Å². The Labute approximate surface area is 144 Å². The van der Waals surface area contributed by atoms with Crippen LogP contribution in [0.15, 0.2) is 42.0 Å². The first-order valence-corrected chi connectivity index (χ1v) is 7.86. The highest BCUT2D eigenvalue weighted by atomic mass is 14.1. The Kier molecular flexibility index (Phi) is 19.6. The second kappa shape index (κ2) is 16.5. The van der Waals surface area contributed by atoms with Crippen LogP contribution in [0.4, 0.5) is 0 Å². The minimum absolute atomic E-state index is 0. The van der Waals surface area contributed by atoms with E-state index in [1.165, 1.54) is 50.5 Å². The molecule has 1 aromatic rings. The van der Waals surface area contributed by atoms with E-state index in [2.05, 4.69) is 39.0 Å². The Bertz CT molecular complexity index is 354. The first kappa shape index (κ1) is 26.1. The maximum absolute atomic E-state index is 2.34. The van der Waals surface area contributed by atoms with E-state index < -0.39 is 0 Å². The van der Waals surface area contributed by atoms with E-state index in [0.29, 0.717) is 0 Å². The van der Waals surface area contributed by atoms with Gasteiger partial charge in [0, 0.05) is 25.2 Å². The Balaban J connectivity index is -0.000000231. The second-order valence-electron chi connectivity index (χ2n) is 5.99. The quantitative estimate of drug-likeness (QED) is 0.457. The number of aryl methyl sites for hydroxylation is 1. The molecule has 0 N–H and O–H groups in total. The van der Waals surface area contributed by atoms with Crippen molar-refractivity contribution in [1.82, 2.24) is 0 Å². The van der Waals surface area contributed by atoms with Crippen LogP contribution >= 0.6 is 0 Å². The van der Waals surface area contributed by atoms with Gasteiger partial charge < -0.3 is 0 Å². The van der Waals surface area contributed by atoms with Crippen LogP contribution in [0, 0.1) is 12.8 Å². The lowest BCUT2D eigenvalue weighted by atomic mass is 10.2. The van der Waals surface area contributed by atoms with Gasteiger partial charge in [0.25, 0.3) is 0 Å². The Morgan fingerprint density at radius 2 is 1.36 bits per heavy atom. The minimum Gasteiger partial charge on any atom is -0.0856 e. The summed E-state index contributed by atoms with van der Waals surface area (Å²) in [6.45, 7) is 6.62. The molecule has 0 atom stereocenters. The number of hydrogen-bond acceptors (Lipinski definition) is 0. The van der Waals surface area contributed by atoms with Crippen LogP contribution in [0.1, 0.15) is 64.4 Å². The SMILES string of the molecule is CC1=CCCC1.CC1CCCC1.Cc1ccccc1.[B].[B].[B]. The summed E-state index contributed by atoms with van der Waals surface area (Å²) in [5, 5.41) is 0. The molecular formula is C19H30B3. The predicted octanol–water partition coefficient (Wildman–Crippen LogP) is 5.17. The molecule has 2 aliphatic carbocycles. The highest BCUT2D eigenvalue weighted by molar-refractivity contribution is 5.76. The molecular weight excluding hydrogens is 261 g/mol. The zero-order valence-corrected chi connectivity index (χ0v) is 14.7. The summed E-state index contributed by atoms with van der Waals surface area (Å²) in [5.74, 6) is 1.05. The average molecular weight is 291 g/mol. The predicted molar refractivity (Wildman–Crippen MR) is 104 cm³/mol. The summed E-state index contributed by atoms with van der Waals surface area (Å²) >= 11 is 0. The van der Waals surface area contributed by atoms with Gasteiger partial charge in [-0.05, 0) is 39.0 Å². The van der Waals surface area contributed by atoms with Gasteiger partial charge in [0.15, 0.2) is 0 Å². The van der Waals surface area contributed by atoms with Gasteiger partial charge in [-0.1, -0.05) is 80.2 Å². The molecule has 1 fully saturated rings.